The molecule has 0 unspecified atom stereocenters. The van der Waals surface area contributed by atoms with Crippen molar-refractivity contribution in [2.24, 2.45) is 7.05 Å². The molecule has 0 amide bonds. The zero-order valence-electron chi connectivity index (χ0n) is 5.94. The minimum Gasteiger partial charge on any atom is -0.315 e. The molecule has 0 bridgehead atoms. The number of aryl methyl sites for hydroxylation is 2. The standard InChI is InChI=1S/C6H8N4/c1-5-8-10-4-7-3-6(10)9(5)2/h3-4H,1-2H3. The topological polar surface area (TPSA) is 35.1 Å². The van der Waals surface area contributed by atoms with Gasteiger partial charge in [-0.2, -0.15) is 5.10 Å². The van der Waals surface area contributed by atoms with Crippen LogP contribution in [-0.4, -0.2) is 19.2 Å². The molecule has 0 aromatic carbocycles. The lowest BCUT2D eigenvalue weighted by Crippen LogP contribution is -1.89. The van der Waals surface area contributed by atoms with Crippen LogP contribution in [0.2, 0.25) is 0 Å². The molecule has 2 aromatic heterocycles. The zero-order valence-corrected chi connectivity index (χ0v) is 5.94. The Morgan fingerprint density at radius 1 is 1.50 bits per heavy atom. The number of fused-ring (bicyclic) bond motifs is 1. The average Bonchev–Trinajstić information content (AvgIpc) is 2.41. The largest absolute Gasteiger partial charge is 0.315 e. The number of aromatic nitrogens is 4. The van der Waals surface area contributed by atoms with E-state index >= 15 is 0 Å². The molecule has 2 heterocycles. The van der Waals surface area contributed by atoms with Crippen LogP contribution in [0.25, 0.3) is 5.65 Å². The summed E-state index contributed by atoms with van der Waals surface area (Å²) >= 11 is 0. The van der Waals surface area contributed by atoms with Gasteiger partial charge in [-0.15, -0.1) is 0 Å². The summed E-state index contributed by atoms with van der Waals surface area (Å²) in [5.41, 5.74) is 1.03. The maximum Gasteiger partial charge on any atom is 0.155 e. The molecule has 0 spiro atoms. The number of hydrogen-bond acceptors (Lipinski definition) is 2. The van der Waals surface area contributed by atoms with Crippen LogP contribution in [0.1, 0.15) is 5.82 Å². The Kier molecular flexibility index (Phi) is 0.869. The van der Waals surface area contributed by atoms with E-state index in [0.717, 1.165) is 11.5 Å². The smallest absolute Gasteiger partial charge is 0.155 e. The third-order valence-electron chi connectivity index (χ3n) is 1.68. The Morgan fingerprint density at radius 3 is 3.00 bits per heavy atom. The van der Waals surface area contributed by atoms with E-state index in [1.54, 1.807) is 17.0 Å². The van der Waals surface area contributed by atoms with E-state index in [-0.39, 0.29) is 0 Å². The zero-order chi connectivity index (χ0) is 7.14. The van der Waals surface area contributed by atoms with Gasteiger partial charge in [-0.3, -0.25) is 0 Å². The van der Waals surface area contributed by atoms with Gasteiger partial charge in [-0.1, -0.05) is 0 Å². The number of hydrogen-bond donors (Lipinski definition) is 0. The first kappa shape index (κ1) is 5.46. The van der Waals surface area contributed by atoms with E-state index in [1.165, 1.54) is 0 Å². The van der Waals surface area contributed by atoms with Crippen molar-refractivity contribution in [3.8, 4) is 0 Å². The maximum atomic E-state index is 4.19. The van der Waals surface area contributed by atoms with E-state index in [9.17, 15) is 0 Å². The lowest BCUT2D eigenvalue weighted by Gasteiger charge is -1.88. The lowest BCUT2D eigenvalue weighted by atomic mass is 10.7. The number of rotatable bonds is 0. The van der Waals surface area contributed by atoms with Crippen LogP contribution in [0.15, 0.2) is 12.5 Å². The molecule has 0 aliphatic heterocycles. The molecule has 0 atom stereocenters. The minimum absolute atomic E-state index is 0.998. The fourth-order valence-corrected chi connectivity index (χ4v) is 0.988. The minimum atomic E-state index is 0.998. The normalized spacial score (nSPS) is 11.0. The molecule has 52 valence electrons. The Balaban J connectivity index is 2.95. The van der Waals surface area contributed by atoms with Crippen molar-refractivity contribution in [1.29, 1.82) is 0 Å². The first-order valence-corrected chi connectivity index (χ1v) is 3.10. The highest BCUT2D eigenvalue weighted by Gasteiger charge is 2.00. The van der Waals surface area contributed by atoms with Gasteiger partial charge in [-0.05, 0) is 6.92 Å². The van der Waals surface area contributed by atoms with Gasteiger partial charge in [0.15, 0.2) is 5.65 Å². The summed E-state index contributed by atoms with van der Waals surface area (Å²) < 4.78 is 3.75. The molecule has 0 N–H and O–H groups in total. The molecule has 0 fully saturated rings. The van der Waals surface area contributed by atoms with Gasteiger partial charge in [0.25, 0.3) is 0 Å². The van der Waals surface area contributed by atoms with Crippen LogP contribution in [-0.2, 0) is 7.05 Å². The summed E-state index contributed by atoms with van der Waals surface area (Å²) in [6, 6.07) is 0. The van der Waals surface area contributed by atoms with E-state index < -0.39 is 0 Å². The lowest BCUT2D eigenvalue weighted by molar-refractivity contribution is 0.865. The highest BCUT2D eigenvalue weighted by molar-refractivity contribution is 5.35. The Hall–Kier alpha value is -1.32. The summed E-state index contributed by atoms with van der Waals surface area (Å²) in [7, 11) is 1.97. The predicted molar refractivity (Wildman–Crippen MR) is 36.7 cm³/mol. The number of nitrogens with zero attached hydrogens (tertiary/aromatic N) is 4. The first-order valence-electron chi connectivity index (χ1n) is 3.10. The summed E-state index contributed by atoms with van der Waals surface area (Å²) in [4.78, 5) is 3.94. The molecule has 0 aliphatic carbocycles. The van der Waals surface area contributed by atoms with Gasteiger partial charge < -0.3 is 4.57 Å². The molecule has 0 radical (unpaired) electrons. The van der Waals surface area contributed by atoms with Gasteiger partial charge in [0, 0.05) is 7.05 Å². The molecule has 0 saturated carbocycles. The van der Waals surface area contributed by atoms with E-state index in [1.807, 2.05) is 18.5 Å². The molecule has 2 aromatic rings. The van der Waals surface area contributed by atoms with Crippen molar-refractivity contribution in [2.45, 2.75) is 6.92 Å². The van der Waals surface area contributed by atoms with Crippen molar-refractivity contribution in [3.05, 3.63) is 18.3 Å². The Bertz CT molecular complexity index is 357. The third-order valence-corrected chi connectivity index (χ3v) is 1.68. The molecule has 4 heteroatoms. The molecular weight excluding hydrogens is 128 g/mol. The summed E-state index contributed by atoms with van der Waals surface area (Å²) in [6.07, 6.45) is 3.49. The Morgan fingerprint density at radius 2 is 2.30 bits per heavy atom. The van der Waals surface area contributed by atoms with Gasteiger partial charge in [0.2, 0.25) is 0 Å². The fraction of sp³-hybridized carbons (Fsp3) is 0.333. The summed E-state index contributed by atoms with van der Waals surface area (Å²) in [5.74, 6) is 0.998. The van der Waals surface area contributed by atoms with Crippen LogP contribution in [0.3, 0.4) is 0 Å². The van der Waals surface area contributed by atoms with Gasteiger partial charge in [0.1, 0.15) is 12.2 Å². The van der Waals surface area contributed by atoms with Crippen LogP contribution < -0.4 is 0 Å². The molecule has 10 heavy (non-hydrogen) atoms. The van der Waals surface area contributed by atoms with Crippen LogP contribution in [0.5, 0.6) is 0 Å². The summed E-state index contributed by atoms with van der Waals surface area (Å²) in [5, 5.41) is 4.19. The van der Waals surface area contributed by atoms with Crippen molar-refractivity contribution in [2.75, 3.05) is 0 Å². The monoisotopic (exact) mass is 136 g/mol. The van der Waals surface area contributed by atoms with Crippen molar-refractivity contribution in [1.82, 2.24) is 19.2 Å². The second kappa shape index (κ2) is 1.59. The van der Waals surface area contributed by atoms with E-state index in [0.29, 0.717) is 0 Å². The quantitative estimate of drug-likeness (QED) is 0.524. The summed E-state index contributed by atoms with van der Waals surface area (Å²) in [6.45, 7) is 1.97. The Labute approximate surface area is 58.1 Å². The second-order valence-electron chi connectivity index (χ2n) is 2.30. The SMILES string of the molecule is Cc1nn2cncc2n1C. The maximum absolute atomic E-state index is 4.19. The third kappa shape index (κ3) is 0.504. The van der Waals surface area contributed by atoms with Crippen molar-refractivity contribution in [3.63, 3.8) is 0 Å². The molecular formula is C6H8N4. The van der Waals surface area contributed by atoms with E-state index in [4.69, 9.17) is 0 Å². The van der Waals surface area contributed by atoms with Crippen molar-refractivity contribution >= 4 is 5.65 Å². The molecule has 2 rings (SSSR count). The molecule has 4 nitrogen and oxygen atoms in total. The van der Waals surface area contributed by atoms with Crippen molar-refractivity contribution < 1.29 is 0 Å². The van der Waals surface area contributed by atoms with E-state index in [2.05, 4.69) is 10.1 Å². The number of imidazole rings is 1. The molecule has 0 aliphatic rings. The average molecular weight is 136 g/mol. The van der Waals surface area contributed by atoms with Crippen LogP contribution >= 0.6 is 0 Å². The predicted octanol–water partition coefficient (Wildman–Crippen LogP) is 0.376. The van der Waals surface area contributed by atoms with Gasteiger partial charge >= 0.3 is 0 Å². The van der Waals surface area contributed by atoms with Crippen LogP contribution in [0, 0.1) is 6.92 Å². The second-order valence-corrected chi connectivity index (χ2v) is 2.30. The highest BCUT2D eigenvalue weighted by atomic mass is 15.4. The first-order chi connectivity index (χ1) is 4.79. The fourth-order valence-electron chi connectivity index (χ4n) is 0.988. The van der Waals surface area contributed by atoms with Gasteiger partial charge in [-0.25, -0.2) is 9.50 Å². The van der Waals surface area contributed by atoms with Crippen LogP contribution in [0.4, 0.5) is 0 Å². The van der Waals surface area contributed by atoms with Gasteiger partial charge in [0.05, 0.1) is 6.20 Å². The molecule has 0 saturated heterocycles. The highest BCUT2D eigenvalue weighted by Crippen LogP contribution is 2.01.